The third kappa shape index (κ3) is 3.52. The van der Waals surface area contributed by atoms with Crippen molar-refractivity contribution in [2.45, 2.75) is 32.4 Å². The van der Waals surface area contributed by atoms with Gasteiger partial charge in [0.15, 0.2) is 0 Å². The molecule has 1 N–H and O–H groups in total. The van der Waals surface area contributed by atoms with Gasteiger partial charge < -0.3 is 14.8 Å². The second kappa shape index (κ2) is 7.68. The minimum Gasteiger partial charge on any atom is -0.355 e. The molecule has 3 aromatic rings. The number of amides is 1. The van der Waals surface area contributed by atoms with E-state index in [0.29, 0.717) is 19.0 Å². The smallest absolute Gasteiger partial charge is 0.263 e. The second-order valence-electron chi connectivity index (χ2n) is 8.12. The number of nitrogens with zero attached hydrogens (tertiary/aromatic N) is 4. The van der Waals surface area contributed by atoms with Crippen LogP contribution in [0.5, 0.6) is 0 Å². The summed E-state index contributed by atoms with van der Waals surface area (Å²) in [5.74, 6) is 1.24. The first-order chi connectivity index (χ1) is 14.6. The summed E-state index contributed by atoms with van der Waals surface area (Å²) in [5.41, 5.74) is 3.04. The zero-order valence-electron chi connectivity index (χ0n) is 16.7. The maximum atomic E-state index is 13.1. The molecule has 1 amide bonds. The number of aryl methyl sites for hydroxylation is 1. The van der Waals surface area contributed by atoms with E-state index in [0.717, 1.165) is 42.3 Å². The maximum Gasteiger partial charge on any atom is 0.263 e. The topological polar surface area (TPSA) is 80.1 Å². The molecule has 7 nitrogen and oxygen atoms in total. The number of piperidine rings is 1. The van der Waals surface area contributed by atoms with Crippen LogP contribution in [0.25, 0.3) is 0 Å². The van der Waals surface area contributed by atoms with Crippen LogP contribution in [-0.2, 0) is 13.1 Å². The number of anilines is 1. The van der Waals surface area contributed by atoms with Crippen LogP contribution in [-0.4, -0.2) is 33.5 Å². The van der Waals surface area contributed by atoms with E-state index in [1.165, 1.54) is 0 Å². The molecule has 2 atom stereocenters. The third-order valence-corrected chi connectivity index (χ3v) is 6.73. The zero-order chi connectivity index (χ0) is 20.7. The fourth-order valence-corrected chi connectivity index (χ4v) is 5.26. The molecule has 2 bridgehead atoms. The monoisotopic (exact) mass is 421 g/mol. The van der Waals surface area contributed by atoms with E-state index in [2.05, 4.69) is 20.2 Å². The molecule has 0 spiro atoms. The van der Waals surface area contributed by atoms with Crippen LogP contribution in [0, 0.1) is 12.8 Å². The van der Waals surface area contributed by atoms with E-state index < -0.39 is 0 Å². The Hall–Kier alpha value is -3.00. The molecule has 1 saturated heterocycles. The maximum absolute atomic E-state index is 13.1. The van der Waals surface area contributed by atoms with Crippen LogP contribution in [0.15, 0.2) is 46.1 Å². The van der Waals surface area contributed by atoms with Gasteiger partial charge in [0.05, 0.1) is 0 Å². The van der Waals surface area contributed by atoms with Crippen LogP contribution < -0.4 is 15.8 Å². The van der Waals surface area contributed by atoms with Crippen molar-refractivity contribution in [1.29, 1.82) is 0 Å². The van der Waals surface area contributed by atoms with Gasteiger partial charge in [-0.1, -0.05) is 0 Å². The Kier molecular flexibility index (Phi) is 4.86. The summed E-state index contributed by atoms with van der Waals surface area (Å²) in [7, 11) is 0. The van der Waals surface area contributed by atoms with E-state index in [1.807, 2.05) is 40.5 Å². The first-order valence-electron chi connectivity index (χ1n) is 10.1. The van der Waals surface area contributed by atoms with E-state index >= 15 is 0 Å². The molecule has 154 valence electrons. The highest BCUT2D eigenvalue weighted by Gasteiger charge is 2.35. The van der Waals surface area contributed by atoms with Crippen molar-refractivity contribution in [2.75, 3.05) is 18.0 Å². The average Bonchev–Trinajstić information content (AvgIpc) is 3.26. The number of hydrogen-bond donors (Lipinski definition) is 1. The lowest BCUT2D eigenvalue weighted by Gasteiger charge is -2.43. The predicted molar refractivity (Wildman–Crippen MR) is 116 cm³/mol. The highest BCUT2D eigenvalue weighted by atomic mass is 32.1. The van der Waals surface area contributed by atoms with Gasteiger partial charge in [0, 0.05) is 49.6 Å². The molecule has 5 heterocycles. The van der Waals surface area contributed by atoms with Gasteiger partial charge in [-0.05, 0) is 53.8 Å². The predicted octanol–water partition coefficient (Wildman–Crippen LogP) is 2.56. The minimum atomic E-state index is -0.310. The summed E-state index contributed by atoms with van der Waals surface area (Å²) in [6, 6.07) is 7.62. The summed E-state index contributed by atoms with van der Waals surface area (Å²) in [6.07, 6.45) is 2.66. The van der Waals surface area contributed by atoms with E-state index in [1.54, 1.807) is 23.7 Å². The lowest BCUT2D eigenvalue weighted by molar-refractivity contribution is 0.0948. The first kappa shape index (κ1) is 19.0. The van der Waals surface area contributed by atoms with E-state index in [-0.39, 0.29) is 22.9 Å². The fraction of sp³-hybridized carbons (Fsp3) is 0.364. The van der Waals surface area contributed by atoms with Gasteiger partial charge in [-0.2, -0.15) is 11.3 Å². The molecule has 0 aliphatic carbocycles. The van der Waals surface area contributed by atoms with Crippen molar-refractivity contribution in [3.63, 3.8) is 0 Å². The van der Waals surface area contributed by atoms with Crippen LogP contribution in [0.3, 0.4) is 0 Å². The van der Waals surface area contributed by atoms with Gasteiger partial charge in [-0.25, -0.2) is 9.97 Å². The second-order valence-corrected chi connectivity index (χ2v) is 8.90. The van der Waals surface area contributed by atoms with Crippen molar-refractivity contribution in [2.24, 2.45) is 5.92 Å². The number of aromatic nitrogens is 3. The summed E-state index contributed by atoms with van der Waals surface area (Å²) in [6.45, 7) is 4.71. The Labute approximate surface area is 178 Å². The van der Waals surface area contributed by atoms with Crippen LogP contribution >= 0.6 is 11.3 Å². The lowest BCUT2D eigenvalue weighted by Crippen LogP contribution is -2.48. The summed E-state index contributed by atoms with van der Waals surface area (Å²) >= 11 is 1.59. The molecule has 0 unspecified atom stereocenters. The highest BCUT2D eigenvalue weighted by Crippen LogP contribution is 2.36. The number of rotatable bonds is 4. The number of carbonyl (C=O) groups is 1. The number of nitrogens with one attached hydrogen (secondary N) is 1. The van der Waals surface area contributed by atoms with Gasteiger partial charge in [-0.3, -0.25) is 9.59 Å². The molecule has 1 fully saturated rings. The molecule has 0 aromatic carbocycles. The standard InChI is InChI=1S/C22H23N5O2S/c1-14-6-20(25-13-24-14)26-9-16-7-17(11-26)19-3-2-18(22(29)27(19)10-16)21(28)23-8-15-4-5-30-12-15/h2-6,12-13,16-17H,7-11H2,1H3,(H,23,28)/t16-,17+/m0/s1. The summed E-state index contributed by atoms with van der Waals surface area (Å²) in [4.78, 5) is 36.7. The van der Waals surface area contributed by atoms with Crippen LogP contribution in [0.4, 0.5) is 5.82 Å². The van der Waals surface area contributed by atoms with Gasteiger partial charge in [0.2, 0.25) is 0 Å². The molecule has 0 radical (unpaired) electrons. The Morgan fingerprint density at radius 1 is 1.23 bits per heavy atom. The van der Waals surface area contributed by atoms with Crippen LogP contribution in [0.2, 0.25) is 0 Å². The molecule has 5 rings (SSSR count). The molecule has 30 heavy (non-hydrogen) atoms. The quantitative estimate of drug-likeness (QED) is 0.700. The average molecular weight is 422 g/mol. The van der Waals surface area contributed by atoms with Crippen molar-refractivity contribution < 1.29 is 4.79 Å². The number of pyridine rings is 1. The number of thiophene rings is 1. The molecule has 3 aromatic heterocycles. The fourth-order valence-electron chi connectivity index (χ4n) is 4.59. The normalized spacial score (nSPS) is 20.0. The highest BCUT2D eigenvalue weighted by molar-refractivity contribution is 7.07. The molecule has 2 aliphatic rings. The molecule has 8 heteroatoms. The van der Waals surface area contributed by atoms with Crippen molar-refractivity contribution in [3.8, 4) is 0 Å². The lowest BCUT2D eigenvalue weighted by atomic mass is 9.83. The number of fused-ring (bicyclic) bond motifs is 4. The van der Waals surface area contributed by atoms with Crippen molar-refractivity contribution in [1.82, 2.24) is 19.9 Å². The Bertz CT molecular complexity index is 1140. The SMILES string of the molecule is Cc1cc(N2C[C@@H]3C[C@H](C2)c2ccc(C(=O)NCc4ccsc4)c(=O)n2C3)ncn1. The van der Waals surface area contributed by atoms with Crippen LogP contribution in [0.1, 0.15) is 39.6 Å². The van der Waals surface area contributed by atoms with Gasteiger partial charge in [0.1, 0.15) is 17.7 Å². The van der Waals surface area contributed by atoms with Gasteiger partial charge in [0.25, 0.3) is 11.5 Å². The summed E-state index contributed by atoms with van der Waals surface area (Å²) < 4.78 is 1.82. The number of hydrogen-bond acceptors (Lipinski definition) is 6. The van der Waals surface area contributed by atoms with Crippen molar-refractivity contribution in [3.05, 3.63) is 74.2 Å². The number of carbonyl (C=O) groups excluding carboxylic acids is 1. The molecule has 0 saturated carbocycles. The Morgan fingerprint density at radius 3 is 2.93 bits per heavy atom. The Morgan fingerprint density at radius 2 is 2.13 bits per heavy atom. The molecular formula is C22H23N5O2S. The Balaban J connectivity index is 1.38. The van der Waals surface area contributed by atoms with Gasteiger partial charge >= 0.3 is 0 Å². The van der Waals surface area contributed by atoms with E-state index in [9.17, 15) is 9.59 Å². The molecule has 2 aliphatic heterocycles. The largest absolute Gasteiger partial charge is 0.355 e. The minimum absolute atomic E-state index is 0.184. The summed E-state index contributed by atoms with van der Waals surface area (Å²) in [5, 5.41) is 6.83. The third-order valence-electron chi connectivity index (χ3n) is 6.00. The zero-order valence-corrected chi connectivity index (χ0v) is 17.6. The van der Waals surface area contributed by atoms with E-state index in [4.69, 9.17) is 0 Å². The van der Waals surface area contributed by atoms with Crippen molar-refractivity contribution >= 4 is 23.1 Å². The first-order valence-corrected chi connectivity index (χ1v) is 11.1. The van der Waals surface area contributed by atoms with Gasteiger partial charge in [-0.15, -0.1) is 0 Å². The molecular weight excluding hydrogens is 398 g/mol.